The molecular formula is C19H23FN2O3S. The molecule has 0 fully saturated rings. The third kappa shape index (κ3) is 5.84. The van der Waals surface area contributed by atoms with E-state index in [2.05, 4.69) is 5.32 Å². The number of hydrogen-bond acceptors (Lipinski definition) is 3. The summed E-state index contributed by atoms with van der Waals surface area (Å²) in [5.74, 6) is -0.600. The first kappa shape index (κ1) is 19.9. The van der Waals surface area contributed by atoms with Crippen LogP contribution in [0.4, 0.5) is 10.1 Å². The molecule has 1 N–H and O–H groups in total. The molecule has 0 aromatic heterocycles. The second kappa shape index (κ2) is 8.31. The number of carbonyl (C=O) groups excluding carboxylic acids is 1. The molecule has 7 heteroatoms. The van der Waals surface area contributed by atoms with E-state index in [0.717, 1.165) is 17.4 Å². The maximum atomic E-state index is 12.9. The molecule has 2 aromatic rings. The quantitative estimate of drug-likeness (QED) is 0.805. The summed E-state index contributed by atoms with van der Waals surface area (Å²) in [5, 5.41) is 2.71. The Labute approximate surface area is 153 Å². The van der Waals surface area contributed by atoms with Crippen molar-refractivity contribution in [3.05, 3.63) is 65.0 Å². The largest absolute Gasteiger partial charge is 0.354 e. The van der Waals surface area contributed by atoms with Crippen LogP contribution in [0.15, 0.2) is 42.5 Å². The van der Waals surface area contributed by atoms with Crippen LogP contribution < -0.4 is 9.62 Å². The maximum absolute atomic E-state index is 12.9. The smallest absolute Gasteiger partial charge is 0.232 e. The molecule has 2 aromatic carbocycles. The minimum absolute atomic E-state index is 0.114. The number of amides is 1. The molecule has 0 spiro atoms. The highest BCUT2D eigenvalue weighted by molar-refractivity contribution is 7.92. The van der Waals surface area contributed by atoms with E-state index in [1.165, 1.54) is 16.4 Å². The lowest BCUT2D eigenvalue weighted by molar-refractivity contribution is -0.120. The third-order valence-corrected chi connectivity index (χ3v) is 5.00. The van der Waals surface area contributed by atoms with E-state index in [1.54, 1.807) is 24.3 Å². The number of rotatable bonds is 7. The van der Waals surface area contributed by atoms with Gasteiger partial charge in [-0.2, -0.15) is 0 Å². The summed E-state index contributed by atoms with van der Waals surface area (Å²) in [6.45, 7) is 4.12. The van der Waals surface area contributed by atoms with Crippen molar-refractivity contribution in [3.8, 4) is 0 Å². The van der Waals surface area contributed by atoms with Gasteiger partial charge in [0.15, 0.2) is 0 Å². The number of halogens is 1. The SMILES string of the molecule is Cc1cc(C)cc(N(CCNC(=O)Cc2ccc(F)cc2)S(C)(=O)=O)c1. The van der Waals surface area contributed by atoms with Crippen LogP contribution in [0.1, 0.15) is 16.7 Å². The molecule has 0 atom stereocenters. The molecule has 0 bridgehead atoms. The molecule has 0 radical (unpaired) electrons. The van der Waals surface area contributed by atoms with E-state index in [1.807, 2.05) is 19.9 Å². The summed E-state index contributed by atoms with van der Waals surface area (Å²) >= 11 is 0. The third-order valence-electron chi connectivity index (χ3n) is 3.81. The number of aryl methyl sites for hydroxylation is 2. The van der Waals surface area contributed by atoms with Crippen molar-refractivity contribution in [3.63, 3.8) is 0 Å². The molecular weight excluding hydrogens is 355 g/mol. The molecule has 0 aliphatic rings. The van der Waals surface area contributed by atoms with Crippen molar-refractivity contribution in [2.24, 2.45) is 0 Å². The lowest BCUT2D eigenvalue weighted by Crippen LogP contribution is -2.38. The van der Waals surface area contributed by atoms with Gasteiger partial charge in [0, 0.05) is 6.54 Å². The lowest BCUT2D eigenvalue weighted by Gasteiger charge is -2.23. The van der Waals surface area contributed by atoms with Gasteiger partial charge in [0.05, 0.1) is 24.9 Å². The Hall–Kier alpha value is -2.41. The monoisotopic (exact) mass is 378 g/mol. The first-order chi connectivity index (χ1) is 12.1. The number of carbonyl (C=O) groups is 1. The molecule has 0 saturated carbocycles. The van der Waals surface area contributed by atoms with Crippen molar-refractivity contribution in [1.29, 1.82) is 0 Å². The fourth-order valence-electron chi connectivity index (χ4n) is 2.73. The van der Waals surface area contributed by atoms with Gasteiger partial charge in [-0.3, -0.25) is 9.10 Å². The van der Waals surface area contributed by atoms with Crippen LogP contribution in [0.25, 0.3) is 0 Å². The number of nitrogens with zero attached hydrogens (tertiary/aromatic N) is 1. The lowest BCUT2D eigenvalue weighted by atomic mass is 10.1. The second-order valence-corrected chi connectivity index (χ2v) is 8.24. The van der Waals surface area contributed by atoms with Crippen LogP contribution in [-0.4, -0.2) is 33.7 Å². The normalized spacial score (nSPS) is 11.2. The second-order valence-electron chi connectivity index (χ2n) is 6.33. The van der Waals surface area contributed by atoms with Gasteiger partial charge >= 0.3 is 0 Å². The average Bonchev–Trinajstić information content (AvgIpc) is 2.51. The van der Waals surface area contributed by atoms with Gasteiger partial charge in [-0.25, -0.2) is 12.8 Å². The van der Waals surface area contributed by atoms with Crippen molar-refractivity contribution >= 4 is 21.6 Å². The Kier molecular flexibility index (Phi) is 6.37. The van der Waals surface area contributed by atoms with Crippen molar-refractivity contribution < 1.29 is 17.6 Å². The summed E-state index contributed by atoms with van der Waals surface area (Å²) < 4.78 is 38.4. The van der Waals surface area contributed by atoms with Crippen molar-refractivity contribution in [2.45, 2.75) is 20.3 Å². The summed E-state index contributed by atoms with van der Waals surface area (Å²) in [5.41, 5.74) is 3.21. The van der Waals surface area contributed by atoms with E-state index in [-0.39, 0.29) is 31.2 Å². The zero-order valence-electron chi connectivity index (χ0n) is 15.1. The van der Waals surface area contributed by atoms with Gasteiger partial charge in [0.1, 0.15) is 5.82 Å². The fraction of sp³-hybridized carbons (Fsp3) is 0.316. The van der Waals surface area contributed by atoms with Crippen LogP contribution >= 0.6 is 0 Å². The molecule has 0 aliphatic carbocycles. The standard InChI is InChI=1S/C19H23FN2O3S/c1-14-10-15(2)12-18(11-14)22(26(3,24)25)9-8-21-19(23)13-16-4-6-17(20)7-5-16/h4-7,10-12H,8-9,13H2,1-3H3,(H,21,23). The van der Waals surface area contributed by atoms with Crippen LogP contribution in [0.2, 0.25) is 0 Å². The van der Waals surface area contributed by atoms with Crippen LogP contribution in [0.5, 0.6) is 0 Å². The van der Waals surface area contributed by atoms with E-state index in [9.17, 15) is 17.6 Å². The summed E-state index contributed by atoms with van der Waals surface area (Å²) in [4.78, 5) is 12.0. The van der Waals surface area contributed by atoms with E-state index < -0.39 is 10.0 Å². The highest BCUT2D eigenvalue weighted by Gasteiger charge is 2.18. The molecule has 0 unspecified atom stereocenters. The zero-order chi connectivity index (χ0) is 19.3. The minimum atomic E-state index is -3.47. The first-order valence-corrected chi connectivity index (χ1v) is 10.1. The highest BCUT2D eigenvalue weighted by atomic mass is 32.2. The van der Waals surface area contributed by atoms with E-state index in [0.29, 0.717) is 11.3 Å². The van der Waals surface area contributed by atoms with Gasteiger partial charge in [-0.05, 0) is 54.8 Å². The van der Waals surface area contributed by atoms with Gasteiger partial charge in [-0.1, -0.05) is 18.2 Å². The van der Waals surface area contributed by atoms with Crippen molar-refractivity contribution in [1.82, 2.24) is 5.32 Å². The summed E-state index contributed by atoms with van der Waals surface area (Å²) in [6, 6.07) is 11.3. The molecule has 0 heterocycles. The Morgan fingerprint density at radius 1 is 1.08 bits per heavy atom. The fourth-order valence-corrected chi connectivity index (χ4v) is 3.64. The summed E-state index contributed by atoms with van der Waals surface area (Å²) in [6.07, 6.45) is 1.26. The molecule has 140 valence electrons. The van der Waals surface area contributed by atoms with E-state index >= 15 is 0 Å². The molecule has 1 amide bonds. The number of anilines is 1. The number of nitrogens with one attached hydrogen (secondary N) is 1. The summed E-state index contributed by atoms with van der Waals surface area (Å²) in [7, 11) is -3.47. The molecule has 26 heavy (non-hydrogen) atoms. The van der Waals surface area contributed by atoms with Crippen molar-refractivity contribution in [2.75, 3.05) is 23.7 Å². The average molecular weight is 378 g/mol. The van der Waals surface area contributed by atoms with Crippen LogP contribution in [-0.2, 0) is 21.2 Å². The zero-order valence-corrected chi connectivity index (χ0v) is 15.9. The van der Waals surface area contributed by atoms with Gasteiger partial charge in [0.2, 0.25) is 15.9 Å². The predicted octanol–water partition coefficient (Wildman–Crippen LogP) is 2.57. The molecule has 2 rings (SSSR count). The van der Waals surface area contributed by atoms with Crippen LogP contribution in [0, 0.1) is 19.7 Å². The Morgan fingerprint density at radius 2 is 1.65 bits per heavy atom. The Balaban J connectivity index is 1.99. The highest BCUT2D eigenvalue weighted by Crippen LogP contribution is 2.20. The van der Waals surface area contributed by atoms with Gasteiger partial charge in [-0.15, -0.1) is 0 Å². The molecule has 0 aliphatic heterocycles. The number of hydrogen-bond donors (Lipinski definition) is 1. The minimum Gasteiger partial charge on any atom is -0.354 e. The predicted molar refractivity (Wildman–Crippen MR) is 101 cm³/mol. The molecule has 0 saturated heterocycles. The maximum Gasteiger partial charge on any atom is 0.232 e. The van der Waals surface area contributed by atoms with Gasteiger partial charge < -0.3 is 5.32 Å². The molecule has 5 nitrogen and oxygen atoms in total. The first-order valence-electron chi connectivity index (χ1n) is 8.22. The van der Waals surface area contributed by atoms with Crippen LogP contribution in [0.3, 0.4) is 0 Å². The topological polar surface area (TPSA) is 66.5 Å². The number of sulfonamides is 1. The number of benzene rings is 2. The van der Waals surface area contributed by atoms with Gasteiger partial charge in [0.25, 0.3) is 0 Å². The Morgan fingerprint density at radius 3 is 2.19 bits per heavy atom. The van der Waals surface area contributed by atoms with E-state index in [4.69, 9.17) is 0 Å². The Bertz CT molecular complexity index is 860.